The lowest BCUT2D eigenvalue weighted by molar-refractivity contribution is 0.0948. The van der Waals surface area contributed by atoms with Crippen LogP contribution in [0.1, 0.15) is 22.8 Å². The van der Waals surface area contributed by atoms with Crippen LogP contribution in [-0.2, 0) is 17.3 Å². The van der Waals surface area contributed by atoms with Crippen LogP contribution in [0.4, 0.5) is 0 Å². The van der Waals surface area contributed by atoms with Crippen LogP contribution in [0.2, 0.25) is 5.02 Å². The van der Waals surface area contributed by atoms with Gasteiger partial charge in [-0.25, -0.2) is 0 Å². The summed E-state index contributed by atoms with van der Waals surface area (Å²) in [4.78, 5) is 12.8. The van der Waals surface area contributed by atoms with Crippen LogP contribution < -0.4 is 5.32 Å². The van der Waals surface area contributed by atoms with Crippen molar-refractivity contribution in [1.29, 1.82) is 0 Å². The predicted octanol–water partition coefficient (Wildman–Crippen LogP) is 3.40. The standard InChI is InChI=1S/C16H16ClNO2S/c1-2-21(20)15-9-4-3-8-14(15)16(19)18-11-12-6-5-7-13(17)10-12/h3-10H,2,11H2,1H3,(H,18,19)/t21-/m0/s1. The van der Waals surface area contributed by atoms with Crippen LogP contribution >= 0.6 is 11.6 Å². The lowest BCUT2D eigenvalue weighted by Gasteiger charge is -2.09. The van der Waals surface area contributed by atoms with E-state index in [9.17, 15) is 9.00 Å². The van der Waals surface area contributed by atoms with Crippen molar-refractivity contribution in [3.8, 4) is 0 Å². The van der Waals surface area contributed by atoms with Gasteiger partial charge in [-0.2, -0.15) is 0 Å². The van der Waals surface area contributed by atoms with Gasteiger partial charge in [-0.15, -0.1) is 0 Å². The molecule has 5 heteroatoms. The number of rotatable bonds is 5. The summed E-state index contributed by atoms with van der Waals surface area (Å²) in [6, 6.07) is 14.3. The summed E-state index contributed by atoms with van der Waals surface area (Å²) < 4.78 is 12.0. The molecule has 1 amide bonds. The lowest BCUT2D eigenvalue weighted by Crippen LogP contribution is -2.24. The van der Waals surface area contributed by atoms with E-state index in [1.807, 2.05) is 19.1 Å². The van der Waals surface area contributed by atoms with Crippen molar-refractivity contribution in [3.05, 3.63) is 64.7 Å². The largest absolute Gasteiger partial charge is 0.348 e. The van der Waals surface area contributed by atoms with Gasteiger partial charge in [0.15, 0.2) is 0 Å². The molecule has 0 radical (unpaired) electrons. The molecule has 0 aromatic heterocycles. The molecule has 0 fully saturated rings. The van der Waals surface area contributed by atoms with Gasteiger partial charge in [0.2, 0.25) is 0 Å². The third-order valence-electron chi connectivity index (χ3n) is 2.98. The Morgan fingerprint density at radius 2 is 1.95 bits per heavy atom. The van der Waals surface area contributed by atoms with E-state index in [2.05, 4.69) is 5.32 Å². The zero-order valence-electron chi connectivity index (χ0n) is 11.6. The van der Waals surface area contributed by atoms with Crippen LogP contribution in [0.25, 0.3) is 0 Å². The normalized spacial score (nSPS) is 11.9. The molecule has 0 unspecified atom stereocenters. The zero-order chi connectivity index (χ0) is 15.2. The molecule has 0 saturated heterocycles. The van der Waals surface area contributed by atoms with Crippen LogP contribution in [0.5, 0.6) is 0 Å². The summed E-state index contributed by atoms with van der Waals surface area (Å²) in [7, 11) is -1.16. The first-order valence-electron chi connectivity index (χ1n) is 6.62. The number of halogens is 1. The molecule has 0 aliphatic carbocycles. The van der Waals surface area contributed by atoms with Gasteiger partial charge in [0.25, 0.3) is 5.91 Å². The summed E-state index contributed by atoms with van der Waals surface area (Å²) in [5.41, 5.74) is 1.38. The average molecular weight is 322 g/mol. The number of hydrogen-bond acceptors (Lipinski definition) is 2. The van der Waals surface area contributed by atoms with Crippen molar-refractivity contribution >= 4 is 28.3 Å². The summed E-state index contributed by atoms with van der Waals surface area (Å²) >= 11 is 5.91. The first kappa shape index (κ1) is 15.7. The molecule has 0 bridgehead atoms. The predicted molar refractivity (Wildman–Crippen MR) is 86.0 cm³/mol. The average Bonchev–Trinajstić information content (AvgIpc) is 2.52. The Bertz CT molecular complexity index is 673. The van der Waals surface area contributed by atoms with Crippen molar-refractivity contribution in [2.75, 3.05) is 5.75 Å². The summed E-state index contributed by atoms with van der Waals surface area (Å²) in [5, 5.41) is 3.46. The number of nitrogens with one attached hydrogen (secondary N) is 1. The monoisotopic (exact) mass is 321 g/mol. The minimum absolute atomic E-state index is 0.229. The molecule has 0 heterocycles. The van der Waals surface area contributed by atoms with E-state index in [1.54, 1.807) is 36.4 Å². The first-order valence-corrected chi connectivity index (χ1v) is 8.31. The highest BCUT2D eigenvalue weighted by atomic mass is 35.5. The molecule has 2 rings (SSSR count). The Kier molecular flexibility index (Phi) is 5.53. The number of amides is 1. The molecule has 110 valence electrons. The fourth-order valence-electron chi connectivity index (χ4n) is 1.93. The smallest absolute Gasteiger partial charge is 0.252 e. The maximum Gasteiger partial charge on any atom is 0.252 e. The highest BCUT2D eigenvalue weighted by Gasteiger charge is 2.14. The molecule has 2 aromatic rings. The summed E-state index contributed by atoms with van der Waals surface area (Å²) in [6.45, 7) is 2.21. The zero-order valence-corrected chi connectivity index (χ0v) is 13.2. The van der Waals surface area contributed by atoms with Gasteiger partial charge in [0, 0.05) is 17.3 Å². The van der Waals surface area contributed by atoms with Crippen LogP contribution in [0, 0.1) is 0 Å². The minimum atomic E-state index is -1.16. The van der Waals surface area contributed by atoms with E-state index in [0.717, 1.165) is 5.56 Å². The van der Waals surface area contributed by atoms with Crippen LogP contribution in [0.15, 0.2) is 53.4 Å². The van der Waals surface area contributed by atoms with E-state index in [4.69, 9.17) is 11.6 Å². The van der Waals surface area contributed by atoms with Crippen molar-refractivity contribution in [1.82, 2.24) is 5.32 Å². The van der Waals surface area contributed by atoms with E-state index >= 15 is 0 Å². The Morgan fingerprint density at radius 1 is 1.19 bits per heavy atom. The van der Waals surface area contributed by atoms with Crippen molar-refractivity contribution in [2.45, 2.75) is 18.4 Å². The topological polar surface area (TPSA) is 46.2 Å². The molecule has 0 aliphatic rings. The SMILES string of the molecule is CC[S@](=O)c1ccccc1C(=O)NCc1cccc(Cl)c1. The highest BCUT2D eigenvalue weighted by molar-refractivity contribution is 7.85. The number of benzene rings is 2. The van der Waals surface area contributed by atoms with E-state index in [-0.39, 0.29) is 5.91 Å². The quantitative estimate of drug-likeness (QED) is 0.917. The van der Waals surface area contributed by atoms with Gasteiger partial charge in [-0.05, 0) is 29.8 Å². The van der Waals surface area contributed by atoms with Crippen LogP contribution in [0.3, 0.4) is 0 Å². The van der Waals surface area contributed by atoms with Crippen molar-refractivity contribution in [2.24, 2.45) is 0 Å². The van der Waals surface area contributed by atoms with Gasteiger partial charge in [-0.3, -0.25) is 9.00 Å². The number of carbonyl (C=O) groups excluding carboxylic acids is 1. The van der Waals surface area contributed by atoms with Gasteiger partial charge >= 0.3 is 0 Å². The molecule has 3 nitrogen and oxygen atoms in total. The first-order chi connectivity index (χ1) is 10.1. The number of hydrogen-bond donors (Lipinski definition) is 1. The molecule has 2 aromatic carbocycles. The second-order valence-electron chi connectivity index (χ2n) is 4.44. The van der Waals surface area contributed by atoms with Gasteiger partial charge in [-0.1, -0.05) is 42.8 Å². The minimum Gasteiger partial charge on any atom is -0.348 e. The van der Waals surface area contributed by atoms with E-state index < -0.39 is 10.8 Å². The van der Waals surface area contributed by atoms with E-state index in [1.165, 1.54) is 0 Å². The maximum atomic E-state index is 12.3. The van der Waals surface area contributed by atoms with Gasteiger partial charge in [0.05, 0.1) is 21.3 Å². The van der Waals surface area contributed by atoms with E-state index in [0.29, 0.717) is 27.8 Å². The van der Waals surface area contributed by atoms with Gasteiger partial charge in [0.1, 0.15) is 0 Å². The lowest BCUT2D eigenvalue weighted by atomic mass is 10.2. The van der Waals surface area contributed by atoms with Crippen LogP contribution in [-0.4, -0.2) is 15.9 Å². The second kappa shape index (κ2) is 7.38. The Balaban J connectivity index is 2.12. The van der Waals surface area contributed by atoms with Crippen molar-refractivity contribution < 1.29 is 9.00 Å². The number of carbonyl (C=O) groups is 1. The fraction of sp³-hybridized carbons (Fsp3) is 0.188. The summed E-state index contributed by atoms with van der Waals surface area (Å²) in [5.74, 6) is 0.255. The third-order valence-corrected chi connectivity index (χ3v) is 4.59. The Morgan fingerprint density at radius 3 is 2.67 bits per heavy atom. The molecule has 0 aliphatic heterocycles. The molecule has 21 heavy (non-hydrogen) atoms. The molecule has 0 spiro atoms. The van der Waals surface area contributed by atoms with Crippen molar-refractivity contribution in [3.63, 3.8) is 0 Å². The summed E-state index contributed by atoms with van der Waals surface area (Å²) in [6.07, 6.45) is 0. The molecular weight excluding hydrogens is 306 g/mol. The molecule has 1 atom stereocenters. The highest BCUT2D eigenvalue weighted by Crippen LogP contribution is 2.15. The Labute approximate surface area is 131 Å². The fourth-order valence-corrected chi connectivity index (χ4v) is 3.09. The maximum absolute atomic E-state index is 12.3. The third kappa shape index (κ3) is 4.16. The Hall–Kier alpha value is -1.65. The second-order valence-corrected chi connectivity index (χ2v) is 6.59. The molecular formula is C16H16ClNO2S. The molecule has 1 N–H and O–H groups in total. The van der Waals surface area contributed by atoms with Gasteiger partial charge < -0.3 is 5.32 Å². The molecule has 0 saturated carbocycles.